The lowest BCUT2D eigenvalue weighted by molar-refractivity contribution is -0.139. The van der Waals surface area contributed by atoms with Crippen LogP contribution in [0.2, 0.25) is 0 Å². The van der Waals surface area contributed by atoms with E-state index in [2.05, 4.69) is 45.2 Å². The highest BCUT2D eigenvalue weighted by atomic mass is 127. The van der Waals surface area contributed by atoms with E-state index in [1.165, 1.54) is 0 Å². The Kier molecular flexibility index (Phi) is 6.60. The predicted molar refractivity (Wildman–Crippen MR) is 123 cm³/mol. The lowest BCUT2D eigenvalue weighted by atomic mass is 9.83. The van der Waals surface area contributed by atoms with Crippen LogP contribution in [0.25, 0.3) is 0 Å². The van der Waals surface area contributed by atoms with Gasteiger partial charge in [0.2, 0.25) is 0 Å². The number of rotatable bonds is 6. The van der Waals surface area contributed by atoms with Gasteiger partial charge >= 0.3 is 0 Å². The first-order chi connectivity index (χ1) is 12.9. The molecule has 0 fully saturated rings. The highest BCUT2D eigenvalue weighted by molar-refractivity contribution is 14.1. The van der Waals surface area contributed by atoms with E-state index in [-0.39, 0.29) is 12.5 Å². The lowest BCUT2D eigenvalue weighted by Crippen LogP contribution is -2.44. The van der Waals surface area contributed by atoms with Crippen LogP contribution >= 0.6 is 45.2 Å². The second-order valence-electron chi connectivity index (χ2n) is 6.68. The van der Waals surface area contributed by atoms with Gasteiger partial charge in [0.05, 0.1) is 12.2 Å². The van der Waals surface area contributed by atoms with E-state index in [1.807, 2.05) is 61.5 Å². The lowest BCUT2D eigenvalue weighted by Gasteiger charge is -2.27. The summed E-state index contributed by atoms with van der Waals surface area (Å²) in [6, 6.07) is 13.8. The molecule has 2 aromatic carbocycles. The molecule has 1 heterocycles. The molecule has 0 aliphatic carbocycles. The van der Waals surface area contributed by atoms with Gasteiger partial charge in [-0.1, -0.05) is 31.2 Å². The minimum Gasteiger partial charge on any atom is -0.396 e. The average Bonchev–Trinajstić information content (AvgIpc) is 2.84. The number of carbonyl (C=O) groups is 1. The summed E-state index contributed by atoms with van der Waals surface area (Å²) in [4.78, 5) is 15.0. The monoisotopic (exact) mass is 589 g/mol. The van der Waals surface area contributed by atoms with Crippen LogP contribution in [-0.2, 0) is 16.9 Å². The molecule has 142 valence electrons. The molecule has 6 heteroatoms. The molecule has 2 N–H and O–H groups in total. The standard InChI is InChI=1S/C21H21I2NO3/c1-14(5-2-3-10-25)21(27)18-12-17(23)8-9-19(18)24(20(21)26)13-15-6-4-7-16(22)11-15/h2,4-9,11-12,14,25,27H,3,10,13H2,1H3/b5-2+/t14-,21+/m1/s1. The summed E-state index contributed by atoms with van der Waals surface area (Å²) in [6.45, 7) is 2.30. The van der Waals surface area contributed by atoms with Crippen LogP contribution in [0.4, 0.5) is 5.69 Å². The Morgan fingerprint density at radius 2 is 1.93 bits per heavy atom. The summed E-state index contributed by atoms with van der Waals surface area (Å²) in [5, 5.41) is 20.5. The number of hydrogen-bond acceptors (Lipinski definition) is 3. The van der Waals surface area contributed by atoms with Gasteiger partial charge in [0.15, 0.2) is 5.60 Å². The van der Waals surface area contributed by atoms with Crippen LogP contribution in [0.1, 0.15) is 24.5 Å². The SMILES string of the molecule is C[C@H](/C=C/CCO)[C@@]1(O)C(=O)N(Cc2cccc(I)c2)c2ccc(I)cc21. The second kappa shape index (κ2) is 8.59. The predicted octanol–water partition coefficient (Wildman–Crippen LogP) is 4.20. The molecule has 1 aliphatic rings. The van der Waals surface area contributed by atoms with Crippen LogP contribution in [-0.4, -0.2) is 22.7 Å². The van der Waals surface area contributed by atoms with Crippen LogP contribution in [0, 0.1) is 13.1 Å². The Labute approximate surface area is 186 Å². The average molecular weight is 589 g/mol. The number of carbonyl (C=O) groups excluding carboxylic acids is 1. The minimum absolute atomic E-state index is 0.0445. The molecular formula is C21H21I2NO3. The van der Waals surface area contributed by atoms with Gasteiger partial charge in [0, 0.05) is 25.2 Å². The second-order valence-corrected chi connectivity index (χ2v) is 9.17. The van der Waals surface area contributed by atoms with Crippen molar-refractivity contribution in [1.29, 1.82) is 0 Å². The molecule has 0 bridgehead atoms. The summed E-state index contributed by atoms with van der Waals surface area (Å²) in [6.07, 6.45) is 4.12. The third-order valence-electron chi connectivity index (χ3n) is 4.84. The fourth-order valence-corrected chi connectivity index (χ4v) is 4.51. The first-order valence-corrected chi connectivity index (χ1v) is 10.9. The van der Waals surface area contributed by atoms with Crippen LogP contribution in [0.5, 0.6) is 0 Å². The van der Waals surface area contributed by atoms with Crippen LogP contribution < -0.4 is 4.90 Å². The van der Waals surface area contributed by atoms with Crippen molar-refractivity contribution in [2.24, 2.45) is 5.92 Å². The van der Waals surface area contributed by atoms with Gasteiger partial charge < -0.3 is 15.1 Å². The summed E-state index contributed by atoms with van der Waals surface area (Å²) in [7, 11) is 0. The molecule has 27 heavy (non-hydrogen) atoms. The van der Waals surface area contributed by atoms with E-state index in [9.17, 15) is 9.90 Å². The summed E-state index contributed by atoms with van der Waals surface area (Å²) >= 11 is 4.45. The van der Waals surface area contributed by atoms with Gasteiger partial charge in [-0.2, -0.15) is 0 Å². The normalized spacial score (nSPS) is 20.3. The fraction of sp³-hybridized carbons (Fsp3) is 0.286. The maximum absolute atomic E-state index is 13.3. The zero-order valence-corrected chi connectivity index (χ0v) is 19.2. The Balaban J connectivity index is 2.02. The topological polar surface area (TPSA) is 60.8 Å². The number of benzene rings is 2. The number of aliphatic hydroxyl groups excluding tert-OH is 1. The van der Waals surface area contributed by atoms with Crippen molar-refractivity contribution in [3.63, 3.8) is 0 Å². The quantitative estimate of drug-likeness (QED) is 0.393. The number of hydrogen-bond donors (Lipinski definition) is 2. The van der Waals surface area contributed by atoms with Gasteiger partial charge in [0.25, 0.3) is 5.91 Å². The van der Waals surface area contributed by atoms with Crippen molar-refractivity contribution >= 4 is 56.8 Å². The number of halogens is 2. The molecule has 1 aliphatic heterocycles. The van der Waals surface area contributed by atoms with E-state index < -0.39 is 11.5 Å². The molecule has 2 atom stereocenters. The van der Waals surface area contributed by atoms with Crippen LogP contribution in [0.3, 0.4) is 0 Å². The largest absolute Gasteiger partial charge is 0.396 e. The number of anilines is 1. The van der Waals surface area contributed by atoms with E-state index in [4.69, 9.17) is 5.11 Å². The summed E-state index contributed by atoms with van der Waals surface area (Å²) in [5.74, 6) is -0.714. The fourth-order valence-electron chi connectivity index (χ4n) is 3.41. The zero-order chi connectivity index (χ0) is 19.6. The van der Waals surface area contributed by atoms with E-state index in [0.29, 0.717) is 18.5 Å². The van der Waals surface area contributed by atoms with Crippen molar-refractivity contribution < 1.29 is 15.0 Å². The third-order valence-corrected chi connectivity index (χ3v) is 6.18. The van der Waals surface area contributed by atoms with Crippen LogP contribution in [0.15, 0.2) is 54.6 Å². The van der Waals surface area contributed by atoms with Gasteiger partial charge in [-0.25, -0.2) is 0 Å². The van der Waals surface area contributed by atoms with Gasteiger partial charge in [-0.3, -0.25) is 4.79 Å². The Hall–Kier alpha value is -0.970. The third kappa shape index (κ3) is 4.08. The molecule has 0 saturated heterocycles. The van der Waals surface area contributed by atoms with Crippen molar-refractivity contribution in [2.75, 3.05) is 11.5 Å². The number of fused-ring (bicyclic) bond motifs is 1. The highest BCUT2D eigenvalue weighted by Gasteiger charge is 2.52. The number of nitrogens with zero attached hydrogens (tertiary/aromatic N) is 1. The molecule has 0 unspecified atom stereocenters. The molecule has 0 saturated carbocycles. The molecule has 0 aromatic heterocycles. The number of aliphatic hydroxyl groups is 2. The van der Waals surface area contributed by atoms with Crippen molar-refractivity contribution in [1.82, 2.24) is 0 Å². The summed E-state index contributed by atoms with van der Waals surface area (Å²) < 4.78 is 2.08. The van der Waals surface area contributed by atoms with E-state index >= 15 is 0 Å². The molecule has 4 nitrogen and oxygen atoms in total. The summed E-state index contributed by atoms with van der Waals surface area (Å²) in [5.41, 5.74) is 0.813. The molecule has 1 amide bonds. The Morgan fingerprint density at radius 1 is 1.19 bits per heavy atom. The molecular weight excluding hydrogens is 568 g/mol. The Morgan fingerprint density at radius 3 is 2.63 bits per heavy atom. The smallest absolute Gasteiger partial charge is 0.264 e. The van der Waals surface area contributed by atoms with Gasteiger partial charge in [-0.05, 0) is 87.5 Å². The van der Waals surface area contributed by atoms with Crippen molar-refractivity contribution in [3.05, 3.63) is 72.9 Å². The molecule has 0 spiro atoms. The maximum Gasteiger partial charge on any atom is 0.264 e. The minimum atomic E-state index is -1.61. The van der Waals surface area contributed by atoms with E-state index in [1.54, 1.807) is 4.90 Å². The van der Waals surface area contributed by atoms with Crippen molar-refractivity contribution in [3.8, 4) is 0 Å². The highest BCUT2D eigenvalue weighted by Crippen LogP contribution is 2.46. The van der Waals surface area contributed by atoms with E-state index in [0.717, 1.165) is 18.4 Å². The van der Waals surface area contributed by atoms with Crippen molar-refractivity contribution in [2.45, 2.75) is 25.5 Å². The van der Waals surface area contributed by atoms with Gasteiger partial charge in [-0.15, -0.1) is 0 Å². The Bertz CT molecular complexity index is 883. The molecule has 2 aromatic rings. The first kappa shape index (κ1) is 20.8. The molecule has 3 rings (SSSR count). The molecule has 0 radical (unpaired) electrons. The zero-order valence-electron chi connectivity index (χ0n) is 14.9. The first-order valence-electron chi connectivity index (χ1n) is 8.74. The van der Waals surface area contributed by atoms with Gasteiger partial charge in [0.1, 0.15) is 0 Å². The number of amides is 1. The maximum atomic E-state index is 13.3.